The fourth-order valence-corrected chi connectivity index (χ4v) is 3.71. The number of hydrogen-bond donors (Lipinski definition) is 2. The normalized spacial score (nSPS) is 26.4. The second-order valence-electron chi connectivity index (χ2n) is 6.91. The number of ether oxygens (including phenoxy) is 1. The van der Waals surface area contributed by atoms with E-state index in [1.165, 1.54) is 44.9 Å². The first-order chi connectivity index (χ1) is 10.2. The van der Waals surface area contributed by atoms with Crippen molar-refractivity contribution in [2.45, 2.75) is 64.3 Å². The van der Waals surface area contributed by atoms with E-state index in [0.717, 1.165) is 31.4 Å². The fraction of sp³-hybridized carbons (Fsp3) is 0.941. The minimum Gasteiger partial charge on any atom is -0.385 e. The lowest BCUT2D eigenvalue weighted by Crippen LogP contribution is -2.44. The Morgan fingerprint density at radius 2 is 2.05 bits per heavy atom. The molecule has 4 nitrogen and oxygen atoms in total. The largest absolute Gasteiger partial charge is 0.385 e. The van der Waals surface area contributed by atoms with Crippen LogP contribution in [0, 0.1) is 11.3 Å². The monoisotopic (exact) mass is 423 g/mol. The summed E-state index contributed by atoms with van der Waals surface area (Å²) in [7, 11) is 3.68. The molecule has 2 unspecified atom stereocenters. The Bertz CT molecular complexity index is 343. The van der Waals surface area contributed by atoms with E-state index < -0.39 is 0 Å². The van der Waals surface area contributed by atoms with Gasteiger partial charge >= 0.3 is 0 Å². The zero-order valence-corrected chi connectivity index (χ0v) is 16.8. The van der Waals surface area contributed by atoms with Gasteiger partial charge < -0.3 is 15.4 Å². The number of nitrogens with zero attached hydrogens (tertiary/aromatic N) is 1. The molecule has 2 fully saturated rings. The molecule has 0 bridgehead atoms. The summed E-state index contributed by atoms with van der Waals surface area (Å²) in [6.45, 7) is 4.16. The Hall–Kier alpha value is -0.0400. The number of halogens is 1. The summed E-state index contributed by atoms with van der Waals surface area (Å²) in [5.74, 6) is 1.85. The summed E-state index contributed by atoms with van der Waals surface area (Å²) < 4.78 is 5.30. The number of aliphatic imine (C=N–C) groups is 1. The Labute approximate surface area is 153 Å². The van der Waals surface area contributed by atoms with Crippen LogP contribution < -0.4 is 10.6 Å². The van der Waals surface area contributed by atoms with Crippen molar-refractivity contribution in [2.75, 3.05) is 27.3 Å². The van der Waals surface area contributed by atoms with Gasteiger partial charge in [0.15, 0.2) is 5.96 Å². The van der Waals surface area contributed by atoms with Crippen molar-refractivity contribution in [1.29, 1.82) is 0 Å². The molecule has 22 heavy (non-hydrogen) atoms. The van der Waals surface area contributed by atoms with Crippen LogP contribution in [0.2, 0.25) is 0 Å². The van der Waals surface area contributed by atoms with E-state index in [9.17, 15) is 0 Å². The van der Waals surface area contributed by atoms with E-state index in [4.69, 9.17) is 4.74 Å². The molecule has 2 atom stereocenters. The van der Waals surface area contributed by atoms with Crippen LogP contribution >= 0.6 is 24.0 Å². The van der Waals surface area contributed by atoms with E-state index in [1.807, 2.05) is 7.05 Å². The Kier molecular flexibility index (Phi) is 9.05. The molecule has 2 aliphatic rings. The second-order valence-corrected chi connectivity index (χ2v) is 6.91. The highest BCUT2D eigenvalue weighted by atomic mass is 127. The molecular weight excluding hydrogens is 389 g/mol. The van der Waals surface area contributed by atoms with Crippen LogP contribution in [0.5, 0.6) is 0 Å². The zero-order chi connectivity index (χ0) is 15.1. The molecule has 0 aromatic rings. The number of methoxy groups -OCH3 is 1. The first-order valence-corrected chi connectivity index (χ1v) is 8.69. The zero-order valence-electron chi connectivity index (χ0n) is 14.5. The van der Waals surface area contributed by atoms with Crippen molar-refractivity contribution in [3.63, 3.8) is 0 Å². The molecule has 0 spiro atoms. The number of hydrogen-bond acceptors (Lipinski definition) is 2. The van der Waals surface area contributed by atoms with E-state index in [-0.39, 0.29) is 24.0 Å². The van der Waals surface area contributed by atoms with Gasteiger partial charge in [-0.1, -0.05) is 26.2 Å². The van der Waals surface area contributed by atoms with E-state index in [1.54, 1.807) is 7.11 Å². The van der Waals surface area contributed by atoms with Gasteiger partial charge in [-0.25, -0.2) is 0 Å². The number of rotatable bonds is 8. The molecule has 0 heterocycles. The van der Waals surface area contributed by atoms with Crippen LogP contribution in [0.25, 0.3) is 0 Å². The van der Waals surface area contributed by atoms with Crippen molar-refractivity contribution < 1.29 is 4.74 Å². The second kappa shape index (κ2) is 9.96. The first kappa shape index (κ1) is 20.0. The molecule has 0 radical (unpaired) electrons. The van der Waals surface area contributed by atoms with E-state index >= 15 is 0 Å². The highest BCUT2D eigenvalue weighted by Crippen LogP contribution is 2.40. The molecule has 0 aliphatic heterocycles. The van der Waals surface area contributed by atoms with Gasteiger partial charge in [-0.2, -0.15) is 0 Å². The molecule has 0 saturated heterocycles. The standard InChI is InChI=1S/C17H33N3O.HI/c1-4-7-14-12-15(14)20-16(18-2)19-13-17(10-11-21-3)8-5-6-9-17;/h14-15H,4-13H2,1-3H3,(H2,18,19,20);1H. The van der Waals surface area contributed by atoms with Gasteiger partial charge in [0.25, 0.3) is 0 Å². The van der Waals surface area contributed by atoms with Gasteiger partial charge in [-0.15, -0.1) is 24.0 Å². The van der Waals surface area contributed by atoms with Crippen molar-refractivity contribution in [1.82, 2.24) is 10.6 Å². The lowest BCUT2D eigenvalue weighted by Gasteiger charge is -2.30. The van der Waals surface area contributed by atoms with Crippen LogP contribution in [0.3, 0.4) is 0 Å². The summed E-state index contributed by atoms with van der Waals surface area (Å²) >= 11 is 0. The Morgan fingerprint density at radius 3 is 2.64 bits per heavy atom. The maximum atomic E-state index is 5.30. The minimum atomic E-state index is 0. The molecular formula is C17H34IN3O. The lowest BCUT2D eigenvalue weighted by atomic mass is 9.83. The summed E-state index contributed by atoms with van der Waals surface area (Å²) in [6, 6.07) is 0.648. The summed E-state index contributed by atoms with van der Waals surface area (Å²) in [4.78, 5) is 4.40. The molecule has 2 N–H and O–H groups in total. The molecule has 5 heteroatoms. The Balaban J connectivity index is 0.00000242. The molecule has 0 aromatic carbocycles. The fourth-order valence-electron chi connectivity index (χ4n) is 3.71. The van der Waals surface area contributed by atoms with Gasteiger partial charge in [0, 0.05) is 33.4 Å². The maximum Gasteiger partial charge on any atom is 0.191 e. The third-order valence-electron chi connectivity index (χ3n) is 5.26. The lowest BCUT2D eigenvalue weighted by molar-refractivity contribution is 0.138. The van der Waals surface area contributed by atoms with Gasteiger partial charge in [0.2, 0.25) is 0 Å². The highest BCUT2D eigenvalue weighted by molar-refractivity contribution is 14.0. The predicted octanol–water partition coefficient (Wildman–Crippen LogP) is 3.55. The van der Waals surface area contributed by atoms with Crippen molar-refractivity contribution in [3.8, 4) is 0 Å². The topological polar surface area (TPSA) is 45.7 Å². The number of nitrogens with one attached hydrogen (secondary N) is 2. The summed E-state index contributed by atoms with van der Waals surface area (Å²) in [5, 5.41) is 7.16. The van der Waals surface area contributed by atoms with Crippen molar-refractivity contribution >= 4 is 29.9 Å². The van der Waals surface area contributed by atoms with Crippen LogP contribution in [-0.2, 0) is 4.74 Å². The van der Waals surface area contributed by atoms with Crippen LogP contribution in [0.1, 0.15) is 58.3 Å². The smallest absolute Gasteiger partial charge is 0.191 e. The van der Waals surface area contributed by atoms with Crippen molar-refractivity contribution in [3.05, 3.63) is 0 Å². The van der Waals surface area contributed by atoms with E-state index in [2.05, 4.69) is 22.5 Å². The third-order valence-corrected chi connectivity index (χ3v) is 5.26. The Morgan fingerprint density at radius 1 is 1.32 bits per heavy atom. The highest BCUT2D eigenvalue weighted by Gasteiger charge is 2.37. The van der Waals surface area contributed by atoms with Crippen LogP contribution in [0.4, 0.5) is 0 Å². The SMILES string of the molecule is CCCC1CC1NC(=NC)NCC1(CCOC)CCCC1.I. The van der Waals surface area contributed by atoms with E-state index in [0.29, 0.717) is 11.5 Å². The molecule has 2 saturated carbocycles. The van der Waals surface area contributed by atoms with Crippen LogP contribution in [-0.4, -0.2) is 39.3 Å². The molecule has 2 aliphatic carbocycles. The molecule has 0 aromatic heterocycles. The summed E-state index contributed by atoms with van der Waals surface area (Å²) in [5.41, 5.74) is 0.417. The summed E-state index contributed by atoms with van der Waals surface area (Å²) in [6.07, 6.45) is 10.5. The van der Waals surface area contributed by atoms with Gasteiger partial charge in [0.05, 0.1) is 0 Å². The quantitative estimate of drug-likeness (QED) is 0.357. The first-order valence-electron chi connectivity index (χ1n) is 8.69. The minimum absolute atomic E-state index is 0. The maximum absolute atomic E-state index is 5.30. The average molecular weight is 423 g/mol. The number of guanidine groups is 1. The molecule has 0 amide bonds. The third kappa shape index (κ3) is 5.87. The van der Waals surface area contributed by atoms with Gasteiger partial charge in [-0.3, -0.25) is 4.99 Å². The van der Waals surface area contributed by atoms with Gasteiger partial charge in [0.1, 0.15) is 0 Å². The molecule has 2 rings (SSSR count). The van der Waals surface area contributed by atoms with Crippen LogP contribution in [0.15, 0.2) is 4.99 Å². The van der Waals surface area contributed by atoms with Gasteiger partial charge in [-0.05, 0) is 43.4 Å². The van der Waals surface area contributed by atoms with Crippen molar-refractivity contribution in [2.24, 2.45) is 16.3 Å². The average Bonchev–Trinajstić information content (AvgIpc) is 3.05. The molecule has 130 valence electrons. The predicted molar refractivity (Wildman–Crippen MR) is 104 cm³/mol.